The van der Waals surface area contributed by atoms with Gasteiger partial charge in [-0.1, -0.05) is 0 Å². The first kappa shape index (κ1) is 16.1. The summed E-state index contributed by atoms with van der Waals surface area (Å²) in [7, 11) is 0. The number of likely N-dealkylation sites (tertiary alicyclic amines) is 1. The molecule has 1 unspecified atom stereocenters. The van der Waals surface area contributed by atoms with Crippen molar-refractivity contribution in [2.45, 2.75) is 57.9 Å². The lowest BCUT2D eigenvalue weighted by Gasteiger charge is -2.33. The van der Waals surface area contributed by atoms with Gasteiger partial charge in [0, 0.05) is 24.7 Å². The molecule has 7 heteroatoms. The quantitative estimate of drug-likeness (QED) is 0.867. The summed E-state index contributed by atoms with van der Waals surface area (Å²) in [6.45, 7) is 5.70. The van der Waals surface area contributed by atoms with E-state index < -0.39 is 5.60 Å². The third kappa shape index (κ3) is 3.61. The molecule has 0 saturated carbocycles. The average Bonchev–Trinajstić information content (AvgIpc) is 3.02. The molecule has 126 valence electrons. The van der Waals surface area contributed by atoms with Crippen LogP contribution in [0.1, 0.15) is 43.8 Å². The largest absolute Gasteiger partial charge is 0.388 e. The van der Waals surface area contributed by atoms with Crippen LogP contribution in [0.25, 0.3) is 0 Å². The van der Waals surface area contributed by atoms with Crippen LogP contribution in [0.5, 0.6) is 0 Å². The van der Waals surface area contributed by atoms with E-state index in [0.29, 0.717) is 32.1 Å². The maximum atomic E-state index is 12.4. The second-order valence-electron chi connectivity index (χ2n) is 6.72. The second-order valence-corrected chi connectivity index (χ2v) is 6.72. The Labute approximate surface area is 136 Å². The molecule has 1 fully saturated rings. The summed E-state index contributed by atoms with van der Waals surface area (Å²) >= 11 is 0. The van der Waals surface area contributed by atoms with Gasteiger partial charge >= 0.3 is 6.03 Å². The van der Waals surface area contributed by atoms with Crippen molar-refractivity contribution >= 4 is 6.03 Å². The highest BCUT2D eigenvalue weighted by Gasteiger charge is 2.38. The predicted octanol–water partition coefficient (Wildman–Crippen LogP) is 0.994. The normalized spacial score (nSPS) is 21.2. The van der Waals surface area contributed by atoms with Crippen molar-refractivity contribution in [3.8, 4) is 0 Å². The van der Waals surface area contributed by atoms with Gasteiger partial charge in [0.05, 0.1) is 37.1 Å². The number of nitrogens with zero attached hydrogens (tertiary/aromatic N) is 3. The molecule has 1 atom stereocenters. The molecular formula is C16H24N4O3. The molecule has 3 heterocycles. The first-order valence-electron chi connectivity index (χ1n) is 8.13. The lowest BCUT2D eigenvalue weighted by Crippen LogP contribution is -2.51. The Morgan fingerprint density at radius 3 is 3.17 bits per heavy atom. The van der Waals surface area contributed by atoms with Crippen molar-refractivity contribution in [1.82, 2.24) is 20.2 Å². The van der Waals surface area contributed by atoms with Crippen LogP contribution in [0.4, 0.5) is 4.79 Å². The van der Waals surface area contributed by atoms with E-state index in [4.69, 9.17) is 4.74 Å². The third-order valence-electron chi connectivity index (χ3n) is 4.47. The van der Waals surface area contributed by atoms with Gasteiger partial charge in [-0.05, 0) is 26.7 Å². The lowest BCUT2D eigenvalue weighted by atomic mass is 9.97. The maximum Gasteiger partial charge on any atom is 0.318 e. The molecule has 0 radical (unpaired) electrons. The number of fused-ring (bicyclic) bond motifs is 1. The Balaban J connectivity index is 1.61. The highest BCUT2D eigenvalue weighted by molar-refractivity contribution is 5.75. The van der Waals surface area contributed by atoms with Crippen LogP contribution in [0.3, 0.4) is 0 Å². The zero-order valence-electron chi connectivity index (χ0n) is 13.7. The number of amides is 2. The van der Waals surface area contributed by atoms with Crippen LogP contribution in [-0.2, 0) is 24.3 Å². The number of urea groups is 1. The van der Waals surface area contributed by atoms with Crippen LogP contribution in [0.15, 0.2) is 6.20 Å². The van der Waals surface area contributed by atoms with E-state index in [9.17, 15) is 9.90 Å². The van der Waals surface area contributed by atoms with E-state index in [-0.39, 0.29) is 12.1 Å². The van der Waals surface area contributed by atoms with Gasteiger partial charge in [0.1, 0.15) is 5.82 Å². The molecular weight excluding hydrogens is 296 g/mol. The van der Waals surface area contributed by atoms with Crippen LogP contribution < -0.4 is 5.32 Å². The number of hydrogen-bond acceptors (Lipinski definition) is 5. The average molecular weight is 320 g/mol. The molecule has 1 saturated heterocycles. The third-order valence-corrected chi connectivity index (χ3v) is 4.47. The summed E-state index contributed by atoms with van der Waals surface area (Å²) in [6, 6.07) is -0.316. The number of aromatic nitrogens is 2. The number of hydrogen-bond donors (Lipinski definition) is 2. The molecule has 0 spiro atoms. The fourth-order valence-electron chi connectivity index (χ4n) is 3.26. The van der Waals surface area contributed by atoms with Gasteiger partial charge in [-0.25, -0.2) is 14.8 Å². The number of nitrogens with one attached hydrogen (secondary N) is 1. The lowest BCUT2D eigenvalue weighted by molar-refractivity contribution is 0.00977. The van der Waals surface area contributed by atoms with Gasteiger partial charge in [-0.2, -0.15) is 0 Å². The number of ether oxygens (including phenoxy) is 1. The maximum absolute atomic E-state index is 12.4. The first-order valence-corrected chi connectivity index (χ1v) is 8.13. The smallest absolute Gasteiger partial charge is 0.318 e. The Kier molecular flexibility index (Phi) is 4.50. The van der Waals surface area contributed by atoms with Gasteiger partial charge in [0.15, 0.2) is 0 Å². The summed E-state index contributed by atoms with van der Waals surface area (Å²) in [6.07, 6.45) is 4.30. The zero-order valence-corrected chi connectivity index (χ0v) is 13.7. The summed E-state index contributed by atoms with van der Waals surface area (Å²) in [5.74, 6) is 0.609. The minimum atomic E-state index is -0.893. The molecule has 0 bridgehead atoms. The van der Waals surface area contributed by atoms with Crippen molar-refractivity contribution in [3.63, 3.8) is 0 Å². The second kappa shape index (κ2) is 6.41. The topological polar surface area (TPSA) is 87.6 Å². The van der Waals surface area contributed by atoms with Crippen molar-refractivity contribution < 1.29 is 14.6 Å². The van der Waals surface area contributed by atoms with Crippen molar-refractivity contribution in [3.05, 3.63) is 23.3 Å². The number of rotatable bonds is 3. The fourth-order valence-corrected chi connectivity index (χ4v) is 3.26. The summed E-state index contributed by atoms with van der Waals surface area (Å²) in [4.78, 5) is 22.9. The highest BCUT2D eigenvalue weighted by atomic mass is 16.5. The molecule has 23 heavy (non-hydrogen) atoms. The zero-order chi connectivity index (χ0) is 16.4. The van der Waals surface area contributed by atoms with E-state index in [1.807, 2.05) is 0 Å². The van der Waals surface area contributed by atoms with Gasteiger partial charge < -0.3 is 20.1 Å². The summed E-state index contributed by atoms with van der Waals surface area (Å²) in [5.41, 5.74) is 1.13. The number of aliphatic hydroxyl groups is 1. The SMILES string of the molecule is CC(C)(O)C1CCCN1C(=O)NCc1ncc2c(n1)CCOC2. The molecule has 1 aromatic rings. The minimum absolute atomic E-state index is 0.149. The predicted molar refractivity (Wildman–Crippen MR) is 83.7 cm³/mol. The van der Waals surface area contributed by atoms with Crippen molar-refractivity contribution in [1.29, 1.82) is 0 Å². The Hall–Kier alpha value is -1.73. The van der Waals surface area contributed by atoms with E-state index in [0.717, 1.165) is 30.5 Å². The summed E-state index contributed by atoms with van der Waals surface area (Å²) < 4.78 is 5.37. The standard InChI is InChI=1S/C16H24N4O3/c1-16(2,22)13-4-3-6-20(13)15(21)18-9-14-17-8-11-10-23-7-5-12(11)19-14/h8,13,22H,3-7,9-10H2,1-2H3,(H,18,21). The van der Waals surface area contributed by atoms with Gasteiger partial charge in [-0.15, -0.1) is 0 Å². The van der Waals surface area contributed by atoms with Gasteiger partial charge in [-0.3, -0.25) is 0 Å². The Bertz CT molecular complexity index is 585. The van der Waals surface area contributed by atoms with Gasteiger partial charge in [0.25, 0.3) is 0 Å². The van der Waals surface area contributed by atoms with E-state index >= 15 is 0 Å². The van der Waals surface area contributed by atoms with Crippen molar-refractivity contribution in [2.75, 3.05) is 13.2 Å². The molecule has 2 N–H and O–H groups in total. The summed E-state index contributed by atoms with van der Waals surface area (Å²) in [5, 5.41) is 13.1. The molecule has 0 aliphatic carbocycles. The van der Waals surface area contributed by atoms with Crippen LogP contribution in [-0.4, -0.2) is 50.8 Å². The fraction of sp³-hybridized carbons (Fsp3) is 0.688. The highest BCUT2D eigenvalue weighted by Crippen LogP contribution is 2.26. The van der Waals surface area contributed by atoms with Crippen LogP contribution >= 0.6 is 0 Å². The van der Waals surface area contributed by atoms with E-state index in [1.165, 1.54) is 0 Å². The van der Waals surface area contributed by atoms with E-state index in [2.05, 4.69) is 15.3 Å². The van der Waals surface area contributed by atoms with Gasteiger partial charge in [0.2, 0.25) is 0 Å². The molecule has 7 nitrogen and oxygen atoms in total. The molecule has 2 aliphatic rings. The molecule has 1 aromatic heterocycles. The van der Waals surface area contributed by atoms with E-state index in [1.54, 1.807) is 24.9 Å². The Morgan fingerprint density at radius 1 is 1.57 bits per heavy atom. The van der Waals surface area contributed by atoms with Crippen molar-refractivity contribution in [2.24, 2.45) is 0 Å². The first-order chi connectivity index (χ1) is 10.9. The monoisotopic (exact) mass is 320 g/mol. The molecule has 0 aromatic carbocycles. The molecule has 3 rings (SSSR count). The molecule has 2 aliphatic heterocycles. The number of carbonyl (C=O) groups excluding carboxylic acids is 1. The number of carbonyl (C=O) groups is 1. The van der Waals surface area contributed by atoms with Crippen LogP contribution in [0.2, 0.25) is 0 Å². The van der Waals surface area contributed by atoms with Crippen LogP contribution in [0, 0.1) is 0 Å². The Morgan fingerprint density at radius 2 is 2.39 bits per heavy atom. The molecule has 2 amide bonds. The minimum Gasteiger partial charge on any atom is -0.388 e.